The molecule has 43 heavy (non-hydrogen) atoms. The summed E-state index contributed by atoms with van der Waals surface area (Å²) in [6.45, 7) is 0.890. The normalized spacial score (nSPS) is 12.6. The van der Waals surface area contributed by atoms with Gasteiger partial charge in [0.15, 0.2) is 12.4 Å². The Morgan fingerprint density at radius 3 is 1.53 bits per heavy atom. The number of aromatic nitrogens is 2. The van der Waals surface area contributed by atoms with Crippen molar-refractivity contribution in [2.24, 2.45) is 0 Å². The second-order valence-corrected chi connectivity index (χ2v) is 11.3. The molecule has 5 rings (SSSR count). The number of aryl methyl sites for hydroxylation is 1. The molecule has 4 aromatic rings. The first kappa shape index (κ1) is 31.5. The molecule has 0 saturated heterocycles. The average molecular weight is 600 g/mol. The van der Waals surface area contributed by atoms with E-state index in [-0.39, 0.29) is 33.9 Å². The third-order valence-corrected chi connectivity index (χ3v) is 7.71. The largest absolute Gasteiger partial charge is 0.744 e. The molecule has 0 fully saturated rings. The minimum Gasteiger partial charge on any atom is -0.744 e. The van der Waals surface area contributed by atoms with Gasteiger partial charge in [0.05, 0.1) is 43.2 Å². The van der Waals surface area contributed by atoms with Crippen LogP contribution in [-0.4, -0.2) is 33.4 Å². The van der Waals surface area contributed by atoms with E-state index in [0.717, 1.165) is 5.56 Å². The number of aliphatic hydroxyl groups is 4. The van der Waals surface area contributed by atoms with Crippen molar-refractivity contribution in [3.63, 3.8) is 0 Å². The molecule has 220 valence electrons. The van der Waals surface area contributed by atoms with Crippen LogP contribution in [0.1, 0.15) is 46.4 Å². The van der Waals surface area contributed by atoms with Crippen molar-refractivity contribution in [3.05, 3.63) is 112 Å². The van der Waals surface area contributed by atoms with E-state index in [1.165, 1.54) is 18.3 Å². The Balaban J connectivity index is 0.00000423. The maximum absolute atomic E-state index is 11.9. The molecule has 0 amide bonds. The Morgan fingerprint density at radius 2 is 1.12 bits per heavy atom. The lowest BCUT2D eigenvalue weighted by atomic mass is 10.0. The second kappa shape index (κ2) is 12.5. The topological polar surface area (TPSA) is 146 Å². The Labute approximate surface area is 250 Å². The van der Waals surface area contributed by atoms with Crippen LogP contribution in [-0.2, 0) is 42.2 Å². The van der Waals surface area contributed by atoms with Crippen LogP contribution in [0.3, 0.4) is 0 Å². The molecule has 0 unspecified atom stereocenters. The Kier molecular flexibility index (Phi) is 9.14. The molecule has 10 heteroatoms. The average Bonchev–Trinajstić information content (AvgIpc) is 3.26. The number of benzene rings is 2. The summed E-state index contributed by atoms with van der Waals surface area (Å²) in [6.07, 6.45) is 3.23. The lowest BCUT2D eigenvalue weighted by Gasteiger charge is -2.09. The Bertz CT molecular complexity index is 1830. The molecule has 2 aromatic heterocycles. The number of hydrogen-bond acceptors (Lipinski definition) is 7. The summed E-state index contributed by atoms with van der Waals surface area (Å²) in [5, 5.41) is 38.9. The fraction of sp³-hybridized carbons (Fsp3) is 0.212. The highest BCUT2D eigenvalue weighted by atomic mass is 32.2. The summed E-state index contributed by atoms with van der Waals surface area (Å²) in [6, 6.07) is 16.3. The van der Waals surface area contributed by atoms with E-state index < -0.39 is 20.7 Å². The summed E-state index contributed by atoms with van der Waals surface area (Å²) in [7, 11) is -4.76. The van der Waals surface area contributed by atoms with Gasteiger partial charge in [-0.1, -0.05) is 31.4 Å². The number of pyridine rings is 2. The van der Waals surface area contributed by atoms with Gasteiger partial charge in [0.1, 0.15) is 10.1 Å². The summed E-state index contributed by atoms with van der Waals surface area (Å²) < 4.78 is 39.2. The molecule has 1 aliphatic rings. The van der Waals surface area contributed by atoms with E-state index in [0.29, 0.717) is 44.8 Å². The van der Waals surface area contributed by atoms with Crippen molar-refractivity contribution in [1.82, 2.24) is 0 Å². The number of fused-ring (bicyclic) bond motifs is 3. The van der Waals surface area contributed by atoms with Crippen LogP contribution < -0.4 is 9.13 Å². The minimum atomic E-state index is -4.76. The molecule has 2 aromatic carbocycles. The van der Waals surface area contributed by atoms with E-state index in [9.17, 15) is 33.4 Å². The molecule has 0 atom stereocenters. The minimum absolute atomic E-state index is 0. The molecule has 0 saturated carbocycles. The van der Waals surface area contributed by atoms with Crippen LogP contribution in [0.15, 0.2) is 78.0 Å². The van der Waals surface area contributed by atoms with Gasteiger partial charge in [0.25, 0.3) is 11.4 Å². The fourth-order valence-electron chi connectivity index (χ4n) is 4.94. The van der Waals surface area contributed by atoms with Gasteiger partial charge in [-0.3, -0.25) is 0 Å². The smallest absolute Gasteiger partial charge is 0.492 e. The van der Waals surface area contributed by atoms with Gasteiger partial charge in [0, 0.05) is 35.4 Å². The van der Waals surface area contributed by atoms with Gasteiger partial charge in [-0.05, 0) is 59.0 Å². The van der Waals surface area contributed by atoms with E-state index in [4.69, 9.17) is 0 Å². The number of aliphatic hydroxyl groups excluding tert-OH is 4. The molecule has 3 heterocycles. The highest BCUT2D eigenvalue weighted by molar-refractivity contribution is 7.85. The van der Waals surface area contributed by atoms with E-state index in [1.54, 1.807) is 51.7 Å². The molecule has 0 spiro atoms. The predicted octanol–water partition coefficient (Wildman–Crippen LogP) is 1.36. The molecule has 1 aliphatic heterocycles. The monoisotopic (exact) mass is 599 g/mol. The van der Waals surface area contributed by atoms with Crippen molar-refractivity contribution >= 4 is 10.1 Å². The van der Waals surface area contributed by atoms with Gasteiger partial charge in [0.2, 0.25) is 0 Å². The van der Waals surface area contributed by atoms with E-state index in [2.05, 4.69) is 23.7 Å². The standard InChI is InChI=1S/C32H27N2O7S.CH4/c1-22-4-8-33-30(10-22)31-17-29(42(39,40)41)5-9-34(31)32(33,6-2-23-11-25(18-35)15-26(12-23)19-36)7-3-24-13-27(20-37)16-28(14-24)21-38;/h4-5,8-17,35-38H,18-21H2,1H3;1H4/q+1;. The van der Waals surface area contributed by atoms with Crippen molar-refractivity contribution in [3.8, 4) is 35.1 Å². The third-order valence-electron chi connectivity index (χ3n) is 6.88. The number of nitrogens with zero attached hydrogens (tertiary/aromatic N) is 2. The van der Waals surface area contributed by atoms with Crippen LogP contribution in [0.25, 0.3) is 11.4 Å². The zero-order chi connectivity index (χ0) is 30.1. The maximum atomic E-state index is 11.9. The Morgan fingerprint density at radius 1 is 0.698 bits per heavy atom. The fourth-order valence-corrected chi connectivity index (χ4v) is 5.43. The van der Waals surface area contributed by atoms with Gasteiger partial charge in [-0.15, -0.1) is 9.13 Å². The predicted molar refractivity (Wildman–Crippen MR) is 155 cm³/mol. The zero-order valence-corrected chi connectivity index (χ0v) is 23.4. The van der Waals surface area contributed by atoms with Gasteiger partial charge < -0.3 is 25.0 Å². The summed E-state index contributed by atoms with van der Waals surface area (Å²) in [5.41, 5.74) is 3.71. The molecule has 0 bridgehead atoms. The van der Waals surface area contributed by atoms with Gasteiger partial charge >= 0.3 is 5.66 Å². The highest BCUT2D eigenvalue weighted by Gasteiger charge is 2.58. The van der Waals surface area contributed by atoms with Crippen molar-refractivity contribution in [1.29, 1.82) is 0 Å². The van der Waals surface area contributed by atoms with Crippen LogP contribution in [0.4, 0.5) is 0 Å². The molecule has 0 aliphatic carbocycles. The first-order chi connectivity index (χ1) is 20.1. The third kappa shape index (κ3) is 6.21. The highest BCUT2D eigenvalue weighted by Crippen LogP contribution is 2.26. The number of hydrogen-bond donors (Lipinski definition) is 4. The molecular weight excluding hydrogens is 568 g/mol. The van der Waals surface area contributed by atoms with Crippen molar-refractivity contribution in [2.75, 3.05) is 0 Å². The van der Waals surface area contributed by atoms with Crippen molar-refractivity contribution in [2.45, 2.75) is 51.3 Å². The van der Waals surface area contributed by atoms with Gasteiger partial charge in [-0.25, -0.2) is 8.42 Å². The van der Waals surface area contributed by atoms with E-state index in [1.807, 2.05) is 19.1 Å². The van der Waals surface area contributed by atoms with Crippen LogP contribution >= 0.6 is 0 Å². The van der Waals surface area contributed by atoms with E-state index >= 15 is 0 Å². The molecule has 9 nitrogen and oxygen atoms in total. The maximum Gasteiger partial charge on any atom is 0.492 e. The summed E-state index contributed by atoms with van der Waals surface area (Å²) >= 11 is 0. The quantitative estimate of drug-likeness (QED) is 0.154. The van der Waals surface area contributed by atoms with Crippen LogP contribution in [0, 0.1) is 30.6 Å². The SMILES string of the molecule is C.Cc1cc[n+]2c(c1)-c1cc(S(=O)(=O)[O-])cc[n+]1C2(C#Cc1cc(CO)cc(CO)c1)C#Cc1cc(CO)cc(CO)c1. The van der Waals surface area contributed by atoms with Crippen LogP contribution in [0.2, 0.25) is 0 Å². The van der Waals surface area contributed by atoms with Crippen LogP contribution in [0.5, 0.6) is 0 Å². The van der Waals surface area contributed by atoms with Crippen molar-refractivity contribution < 1.29 is 42.5 Å². The first-order valence-corrected chi connectivity index (χ1v) is 14.3. The number of rotatable bonds is 5. The zero-order valence-electron chi connectivity index (χ0n) is 22.6. The summed E-state index contributed by atoms with van der Waals surface area (Å²) in [4.78, 5) is -0.398. The lowest BCUT2D eigenvalue weighted by Crippen LogP contribution is -2.68. The summed E-state index contributed by atoms with van der Waals surface area (Å²) in [5.74, 6) is 12.7. The molecular formula is C33H31N2O7S+. The van der Waals surface area contributed by atoms with Gasteiger partial charge in [-0.2, -0.15) is 0 Å². The molecule has 4 N–H and O–H groups in total. The first-order valence-electron chi connectivity index (χ1n) is 12.9. The lowest BCUT2D eigenvalue weighted by molar-refractivity contribution is -0.928. The molecule has 0 radical (unpaired) electrons. The Hall–Kier alpha value is -4.39. The second-order valence-electron chi connectivity index (χ2n) is 9.91.